The van der Waals surface area contributed by atoms with Gasteiger partial charge >= 0.3 is 0 Å². The lowest BCUT2D eigenvalue weighted by molar-refractivity contribution is 0.286. The van der Waals surface area contributed by atoms with Crippen LogP contribution in [0.1, 0.15) is 0 Å². The van der Waals surface area contributed by atoms with Crippen molar-refractivity contribution in [2.45, 2.75) is 6.10 Å². The number of benzene rings is 2. The molecule has 1 heterocycles. The number of sulfone groups is 1. The lowest BCUT2D eigenvalue weighted by atomic mass is 10.4. The average Bonchev–Trinajstić information content (AvgIpc) is 2.87. The molecule has 0 bridgehead atoms. The van der Waals surface area contributed by atoms with Gasteiger partial charge in [0, 0.05) is 16.0 Å². The first kappa shape index (κ1) is 15.2. The fraction of sp³-hybridized carbons (Fsp3) is 0.125. The molecule has 0 unspecified atom stereocenters. The Labute approximate surface area is 129 Å². The molecule has 0 saturated heterocycles. The van der Waals surface area contributed by atoms with Crippen LogP contribution in [-0.2, 0) is 18.9 Å². The topological polar surface area (TPSA) is 60.4 Å². The third kappa shape index (κ3) is 3.07. The standard InChI is InChI=1S/C16H15O4PS/c17-21(15-7-3-1-4-8-15,16-9-5-2-6-10-16)20-14-11-12-22(18,19)13-14/h1-12,14H,13H2/t14-/m1/s1. The molecule has 0 N–H and O–H groups in total. The summed E-state index contributed by atoms with van der Waals surface area (Å²) in [4.78, 5) is 0. The normalized spacial score (nSPS) is 20.1. The molecule has 22 heavy (non-hydrogen) atoms. The Kier molecular flexibility index (Phi) is 4.04. The van der Waals surface area contributed by atoms with Gasteiger partial charge in [-0.15, -0.1) is 0 Å². The van der Waals surface area contributed by atoms with Crippen LogP contribution in [0.15, 0.2) is 72.1 Å². The van der Waals surface area contributed by atoms with Crippen LogP contribution in [0.25, 0.3) is 0 Å². The lowest BCUT2D eigenvalue weighted by Gasteiger charge is -2.22. The van der Waals surface area contributed by atoms with Crippen molar-refractivity contribution in [3.63, 3.8) is 0 Å². The number of hydrogen-bond donors (Lipinski definition) is 0. The minimum Gasteiger partial charge on any atom is -0.313 e. The Morgan fingerprint density at radius 2 is 1.41 bits per heavy atom. The van der Waals surface area contributed by atoms with Crippen LogP contribution >= 0.6 is 7.37 Å². The fourth-order valence-electron chi connectivity index (χ4n) is 2.32. The molecule has 3 rings (SSSR count). The third-order valence-electron chi connectivity index (χ3n) is 3.37. The quantitative estimate of drug-likeness (QED) is 0.805. The van der Waals surface area contributed by atoms with Crippen molar-refractivity contribution in [1.29, 1.82) is 0 Å². The van der Waals surface area contributed by atoms with Crippen LogP contribution in [0.2, 0.25) is 0 Å². The number of rotatable bonds is 4. The predicted molar refractivity (Wildman–Crippen MR) is 87.6 cm³/mol. The van der Waals surface area contributed by atoms with E-state index in [0.717, 1.165) is 5.41 Å². The second-order valence-corrected chi connectivity index (χ2v) is 9.30. The third-order valence-corrected chi connectivity index (χ3v) is 7.26. The highest BCUT2D eigenvalue weighted by Gasteiger charge is 2.34. The molecule has 1 aliphatic rings. The number of hydrogen-bond acceptors (Lipinski definition) is 4. The second kappa shape index (κ2) is 5.84. The van der Waals surface area contributed by atoms with Crippen LogP contribution in [0.3, 0.4) is 0 Å². The maximum Gasteiger partial charge on any atom is 0.261 e. The SMILES string of the molecule is O=P(O[C@@H]1C=CS(=O)(=O)C1)(c1ccccc1)c1ccccc1. The van der Waals surface area contributed by atoms with E-state index in [-0.39, 0.29) is 5.75 Å². The second-order valence-electron chi connectivity index (χ2n) is 5.02. The molecule has 0 saturated carbocycles. The first-order valence-electron chi connectivity index (χ1n) is 6.80. The van der Waals surface area contributed by atoms with E-state index < -0.39 is 23.3 Å². The van der Waals surface area contributed by atoms with Crippen LogP contribution < -0.4 is 10.6 Å². The Morgan fingerprint density at radius 1 is 0.909 bits per heavy atom. The summed E-state index contributed by atoms with van der Waals surface area (Å²) in [6.45, 7) is 0. The molecular formula is C16H15O4PS. The molecule has 2 aromatic carbocycles. The Balaban J connectivity index is 2.02. The zero-order valence-electron chi connectivity index (χ0n) is 11.7. The van der Waals surface area contributed by atoms with Gasteiger partial charge in [-0.05, 0) is 30.3 Å². The van der Waals surface area contributed by atoms with E-state index in [0.29, 0.717) is 10.6 Å². The largest absolute Gasteiger partial charge is 0.313 e. The first-order chi connectivity index (χ1) is 10.5. The molecule has 114 valence electrons. The maximum absolute atomic E-state index is 13.5. The van der Waals surface area contributed by atoms with Gasteiger partial charge in [0.2, 0.25) is 0 Å². The van der Waals surface area contributed by atoms with Crippen molar-refractivity contribution in [3.8, 4) is 0 Å². The van der Waals surface area contributed by atoms with Crippen LogP contribution in [0, 0.1) is 0 Å². The van der Waals surface area contributed by atoms with Gasteiger partial charge in [0.1, 0.15) is 0 Å². The monoisotopic (exact) mass is 334 g/mol. The van der Waals surface area contributed by atoms with Crippen molar-refractivity contribution in [2.75, 3.05) is 5.75 Å². The lowest BCUT2D eigenvalue weighted by Crippen LogP contribution is -2.24. The zero-order valence-corrected chi connectivity index (χ0v) is 13.4. The molecule has 0 amide bonds. The average molecular weight is 334 g/mol. The summed E-state index contributed by atoms with van der Waals surface area (Å²) in [7, 11) is -6.60. The smallest absolute Gasteiger partial charge is 0.261 e. The van der Waals surface area contributed by atoms with Crippen LogP contribution in [0.4, 0.5) is 0 Å². The van der Waals surface area contributed by atoms with Crippen molar-refractivity contribution in [2.24, 2.45) is 0 Å². The van der Waals surface area contributed by atoms with Crippen molar-refractivity contribution >= 4 is 27.8 Å². The molecule has 0 fully saturated rings. The highest BCUT2D eigenvalue weighted by molar-refractivity contribution is 7.94. The molecule has 4 nitrogen and oxygen atoms in total. The van der Waals surface area contributed by atoms with E-state index in [2.05, 4.69) is 0 Å². The minimum atomic E-state index is -3.35. The fourth-order valence-corrected chi connectivity index (χ4v) is 5.78. The molecule has 1 aliphatic heterocycles. The van der Waals surface area contributed by atoms with E-state index in [1.165, 1.54) is 6.08 Å². The van der Waals surface area contributed by atoms with E-state index in [4.69, 9.17) is 4.52 Å². The van der Waals surface area contributed by atoms with Gasteiger partial charge in [-0.25, -0.2) is 8.42 Å². The molecule has 1 atom stereocenters. The van der Waals surface area contributed by atoms with E-state index in [1.54, 1.807) is 48.5 Å². The van der Waals surface area contributed by atoms with Gasteiger partial charge < -0.3 is 4.52 Å². The summed E-state index contributed by atoms with van der Waals surface area (Å²) in [5.41, 5.74) is 0. The predicted octanol–water partition coefficient (Wildman–Crippen LogP) is 2.24. The van der Waals surface area contributed by atoms with Crippen molar-refractivity contribution < 1.29 is 17.5 Å². The molecule has 6 heteroatoms. The van der Waals surface area contributed by atoms with Gasteiger partial charge in [-0.1, -0.05) is 36.4 Å². The van der Waals surface area contributed by atoms with Gasteiger partial charge in [0.15, 0.2) is 9.84 Å². The van der Waals surface area contributed by atoms with Gasteiger partial charge in [-0.3, -0.25) is 4.57 Å². The maximum atomic E-state index is 13.5. The minimum absolute atomic E-state index is 0.170. The summed E-state index contributed by atoms with van der Waals surface area (Å²) in [5.74, 6) is -0.170. The Morgan fingerprint density at radius 3 is 1.82 bits per heavy atom. The first-order valence-corrected chi connectivity index (χ1v) is 10.1. The summed E-state index contributed by atoms with van der Waals surface area (Å²) >= 11 is 0. The van der Waals surface area contributed by atoms with Gasteiger partial charge in [-0.2, -0.15) is 0 Å². The van der Waals surface area contributed by atoms with Gasteiger partial charge in [0.25, 0.3) is 7.37 Å². The summed E-state index contributed by atoms with van der Waals surface area (Å²) in [6, 6.07) is 17.8. The van der Waals surface area contributed by atoms with Gasteiger partial charge in [0.05, 0.1) is 11.9 Å². The van der Waals surface area contributed by atoms with Crippen molar-refractivity contribution in [1.82, 2.24) is 0 Å². The molecule has 0 radical (unpaired) electrons. The Hall–Kier alpha value is -1.68. The van der Waals surface area contributed by atoms with Crippen LogP contribution in [0.5, 0.6) is 0 Å². The van der Waals surface area contributed by atoms with E-state index in [9.17, 15) is 13.0 Å². The molecule has 0 spiro atoms. The summed E-state index contributed by atoms with van der Waals surface area (Å²) in [6.07, 6.45) is 0.754. The molecule has 0 aliphatic carbocycles. The van der Waals surface area contributed by atoms with Crippen LogP contribution in [-0.4, -0.2) is 20.3 Å². The highest BCUT2D eigenvalue weighted by atomic mass is 32.2. The molecular weight excluding hydrogens is 319 g/mol. The molecule has 2 aromatic rings. The summed E-state index contributed by atoms with van der Waals surface area (Å²) in [5, 5.41) is 2.23. The highest BCUT2D eigenvalue weighted by Crippen LogP contribution is 2.46. The summed E-state index contributed by atoms with van der Waals surface area (Å²) < 4.78 is 42.4. The van der Waals surface area contributed by atoms with E-state index in [1.807, 2.05) is 12.1 Å². The van der Waals surface area contributed by atoms with E-state index >= 15 is 0 Å². The molecule has 0 aromatic heterocycles. The zero-order chi connectivity index (χ0) is 15.6. The van der Waals surface area contributed by atoms with Crippen molar-refractivity contribution in [3.05, 3.63) is 72.1 Å². The Bertz CT molecular complexity index is 785.